The summed E-state index contributed by atoms with van der Waals surface area (Å²) >= 11 is 0. The van der Waals surface area contributed by atoms with Crippen LogP contribution < -0.4 is 16.0 Å². The zero-order valence-electron chi connectivity index (χ0n) is 16.6. The van der Waals surface area contributed by atoms with Gasteiger partial charge in [-0.1, -0.05) is 25.1 Å². The van der Waals surface area contributed by atoms with Gasteiger partial charge in [-0.3, -0.25) is 4.79 Å². The number of carbonyl (C=O) groups excluding carboxylic acids is 1. The number of amides is 1. The van der Waals surface area contributed by atoms with E-state index in [1.165, 1.54) is 0 Å². The van der Waals surface area contributed by atoms with E-state index >= 15 is 0 Å². The van der Waals surface area contributed by atoms with Crippen LogP contribution in [0.15, 0.2) is 42.5 Å². The Hall–Kier alpha value is -2.58. The summed E-state index contributed by atoms with van der Waals surface area (Å²) in [6.07, 6.45) is -0.284. The average Bonchev–Trinajstić information content (AvgIpc) is 2.94. The first-order chi connectivity index (χ1) is 13.7. The van der Waals surface area contributed by atoms with Crippen LogP contribution in [0.5, 0.6) is 0 Å². The number of hydrogen-bond donors (Lipinski definition) is 3. The molecule has 1 aliphatic rings. The molecule has 2 aromatic rings. The maximum Gasteiger partial charge on any atom is 0.243 e. The fraction of sp³-hybridized carbons (Fsp3) is 0.381. The molecule has 156 valence electrons. The van der Waals surface area contributed by atoms with E-state index in [2.05, 4.69) is 5.32 Å². The molecule has 3 rings (SSSR count). The van der Waals surface area contributed by atoms with E-state index < -0.39 is 22.0 Å². The van der Waals surface area contributed by atoms with Crippen molar-refractivity contribution < 1.29 is 18.3 Å². The fourth-order valence-corrected chi connectivity index (χ4v) is 5.51. The first kappa shape index (κ1) is 21.1. The molecule has 29 heavy (non-hydrogen) atoms. The van der Waals surface area contributed by atoms with Gasteiger partial charge in [-0.2, -0.15) is 0 Å². The monoisotopic (exact) mass is 417 g/mol. The lowest BCUT2D eigenvalue weighted by Crippen LogP contribution is -2.47. The summed E-state index contributed by atoms with van der Waals surface area (Å²) in [6.45, 7) is 3.86. The third-order valence-corrected chi connectivity index (χ3v) is 6.94. The zero-order valence-corrected chi connectivity index (χ0v) is 17.4. The number of carbonyl (C=O) groups is 1. The van der Waals surface area contributed by atoms with Crippen molar-refractivity contribution in [1.29, 1.82) is 0 Å². The number of sulfone groups is 1. The number of nitrogens with one attached hydrogen (secondary N) is 1. The molecule has 1 aliphatic heterocycles. The van der Waals surface area contributed by atoms with Gasteiger partial charge in [-0.05, 0) is 48.7 Å². The molecule has 7 nitrogen and oxygen atoms in total. The summed E-state index contributed by atoms with van der Waals surface area (Å²) in [5.41, 5.74) is 9.72. The molecule has 0 radical (unpaired) electrons. The summed E-state index contributed by atoms with van der Waals surface area (Å²) < 4.78 is 24.1. The predicted molar refractivity (Wildman–Crippen MR) is 116 cm³/mol. The molecular weight excluding hydrogens is 390 g/mol. The number of nitrogens with two attached hydrogens (primary N) is 1. The molecule has 0 spiro atoms. The molecule has 1 heterocycles. The van der Waals surface area contributed by atoms with Crippen molar-refractivity contribution in [3.05, 3.63) is 53.6 Å². The Morgan fingerprint density at radius 2 is 1.90 bits per heavy atom. The van der Waals surface area contributed by atoms with E-state index in [0.717, 1.165) is 23.2 Å². The summed E-state index contributed by atoms with van der Waals surface area (Å²) in [4.78, 5) is 14.5. The predicted octanol–water partition coefficient (Wildman–Crippen LogP) is 1.74. The molecule has 4 N–H and O–H groups in total. The molecule has 0 aliphatic carbocycles. The minimum atomic E-state index is -3.37. The van der Waals surface area contributed by atoms with Crippen molar-refractivity contribution in [1.82, 2.24) is 0 Å². The van der Waals surface area contributed by atoms with E-state index in [1.54, 1.807) is 29.2 Å². The number of aliphatic hydroxyl groups is 1. The normalized spacial score (nSPS) is 20.4. The highest BCUT2D eigenvalue weighted by Gasteiger charge is 2.40. The van der Waals surface area contributed by atoms with Gasteiger partial charge in [0.2, 0.25) is 5.91 Å². The number of nitrogens with zero attached hydrogens (tertiary/aromatic N) is 1. The number of rotatable bonds is 6. The van der Waals surface area contributed by atoms with Crippen LogP contribution >= 0.6 is 0 Å². The van der Waals surface area contributed by atoms with Crippen LogP contribution in [0.1, 0.15) is 18.1 Å². The highest BCUT2D eigenvalue weighted by molar-refractivity contribution is 7.91. The molecule has 1 fully saturated rings. The number of para-hydroxylation sites is 1. The second-order valence-electron chi connectivity index (χ2n) is 7.44. The van der Waals surface area contributed by atoms with Crippen molar-refractivity contribution in [3.8, 4) is 0 Å². The summed E-state index contributed by atoms with van der Waals surface area (Å²) in [6, 6.07) is 12.0. The van der Waals surface area contributed by atoms with Gasteiger partial charge in [0.1, 0.15) is 0 Å². The maximum absolute atomic E-state index is 12.9. The maximum atomic E-state index is 12.9. The standard InChI is InChI=1S/C21H27N3O4S/c1-3-15-6-4-5-14(2)21(15)23-20(26)11-24(17-9-7-16(22)8-10-17)18-12-29(27,28)13-19(18)25/h4-10,18-19,25H,3,11-13,22H2,1-2H3,(H,23,26). The van der Waals surface area contributed by atoms with Crippen molar-refractivity contribution >= 4 is 32.8 Å². The van der Waals surface area contributed by atoms with Gasteiger partial charge in [-0.15, -0.1) is 0 Å². The number of anilines is 3. The molecule has 2 aromatic carbocycles. The Bertz CT molecular complexity index is 989. The lowest BCUT2D eigenvalue weighted by Gasteiger charge is -2.32. The van der Waals surface area contributed by atoms with Crippen LogP contribution in [0.2, 0.25) is 0 Å². The van der Waals surface area contributed by atoms with Gasteiger partial charge >= 0.3 is 0 Å². The lowest BCUT2D eigenvalue weighted by molar-refractivity contribution is -0.115. The van der Waals surface area contributed by atoms with E-state index in [-0.39, 0.29) is 24.0 Å². The van der Waals surface area contributed by atoms with Gasteiger partial charge in [-0.25, -0.2) is 8.42 Å². The van der Waals surface area contributed by atoms with Crippen molar-refractivity contribution in [2.45, 2.75) is 32.4 Å². The second-order valence-corrected chi connectivity index (χ2v) is 9.60. The number of benzene rings is 2. The Morgan fingerprint density at radius 3 is 2.48 bits per heavy atom. The highest BCUT2D eigenvalue weighted by atomic mass is 32.2. The second kappa shape index (κ2) is 8.42. The summed E-state index contributed by atoms with van der Waals surface area (Å²) in [5, 5.41) is 13.3. The van der Waals surface area contributed by atoms with Crippen molar-refractivity contribution in [2.75, 3.05) is 34.0 Å². The highest BCUT2D eigenvalue weighted by Crippen LogP contribution is 2.26. The van der Waals surface area contributed by atoms with Crippen LogP contribution in [0.4, 0.5) is 17.1 Å². The van der Waals surface area contributed by atoms with Gasteiger partial charge in [0.05, 0.1) is 30.2 Å². The number of nitrogen functional groups attached to an aromatic ring is 1. The van der Waals surface area contributed by atoms with Crippen molar-refractivity contribution in [3.63, 3.8) is 0 Å². The Labute approximate surface area is 171 Å². The first-order valence-corrected chi connectivity index (χ1v) is 11.4. The molecule has 2 unspecified atom stereocenters. The number of aryl methyl sites for hydroxylation is 2. The Kier molecular flexibility index (Phi) is 6.14. The first-order valence-electron chi connectivity index (χ1n) is 9.59. The minimum Gasteiger partial charge on any atom is -0.399 e. The van der Waals surface area contributed by atoms with Crippen molar-refractivity contribution in [2.24, 2.45) is 0 Å². The van der Waals surface area contributed by atoms with Gasteiger partial charge < -0.3 is 21.1 Å². The quantitative estimate of drug-likeness (QED) is 0.617. The van der Waals surface area contributed by atoms with E-state index in [1.807, 2.05) is 32.0 Å². The fourth-order valence-electron chi connectivity index (χ4n) is 3.71. The molecule has 8 heteroatoms. The Morgan fingerprint density at radius 1 is 1.21 bits per heavy atom. The topological polar surface area (TPSA) is 113 Å². The molecule has 1 amide bonds. The molecule has 0 bridgehead atoms. The zero-order chi connectivity index (χ0) is 21.2. The van der Waals surface area contributed by atoms with E-state index in [9.17, 15) is 18.3 Å². The van der Waals surface area contributed by atoms with Gasteiger partial charge in [0.25, 0.3) is 0 Å². The molecule has 0 saturated carbocycles. The lowest BCUT2D eigenvalue weighted by atomic mass is 10.1. The minimum absolute atomic E-state index is 0.0847. The van der Waals surface area contributed by atoms with Crippen LogP contribution in [0.25, 0.3) is 0 Å². The van der Waals surface area contributed by atoms with Crippen LogP contribution in [-0.2, 0) is 21.1 Å². The number of aliphatic hydroxyl groups excluding tert-OH is 1. The molecule has 0 aromatic heterocycles. The molecular formula is C21H27N3O4S. The smallest absolute Gasteiger partial charge is 0.243 e. The number of hydrogen-bond acceptors (Lipinski definition) is 6. The average molecular weight is 418 g/mol. The van der Waals surface area contributed by atoms with Gasteiger partial charge in [0.15, 0.2) is 9.84 Å². The third-order valence-electron chi connectivity index (χ3n) is 5.24. The van der Waals surface area contributed by atoms with Crippen LogP contribution in [0.3, 0.4) is 0 Å². The van der Waals surface area contributed by atoms with E-state index in [4.69, 9.17) is 5.73 Å². The largest absolute Gasteiger partial charge is 0.399 e. The Balaban J connectivity index is 1.87. The third kappa shape index (κ3) is 4.89. The van der Waals surface area contributed by atoms with E-state index in [0.29, 0.717) is 11.4 Å². The summed E-state index contributed by atoms with van der Waals surface area (Å²) in [7, 11) is -3.37. The van der Waals surface area contributed by atoms with Crippen LogP contribution in [-0.4, -0.2) is 49.6 Å². The summed E-state index contributed by atoms with van der Waals surface area (Å²) in [5.74, 6) is -0.777. The van der Waals surface area contributed by atoms with Crippen LogP contribution in [0, 0.1) is 6.92 Å². The molecule has 2 atom stereocenters. The SMILES string of the molecule is CCc1cccc(C)c1NC(=O)CN(c1ccc(N)cc1)C1CS(=O)(=O)CC1O. The molecule has 1 saturated heterocycles. The van der Waals surface area contributed by atoms with Gasteiger partial charge in [0, 0.05) is 17.1 Å².